The first-order valence-corrected chi connectivity index (χ1v) is 7.50. The van der Waals surface area contributed by atoms with E-state index in [2.05, 4.69) is 50.5 Å². The Balaban J connectivity index is 2.39. The van der Waals surface area contributed by atoms with Crippen LogP contribution in [-0.2, 0) is 6.42 Å². The fourth-order valence-electron chi connectivity index (χ4n) is 2.47. The van der Waals surface area contributed by atoms with E-state index < -0.39 is 0 Å². The van der Waals surface area contributed by atoms with Gasteiger partial charge in [-0.05, 0) is 82.0 Å². The van der Waals surface area contributed by atoms with Gasteiger partial charge >= 0.3 is 0 Å². The van der Waals surface area contributed by atoms with Gasteiger partial charge in [0.05, 0.1) is 0 Å². The number of nitrogens with one attached hydrogen (secondary N) is 2. The van der Waals surface area contributed by atoms with Gasteiger partial charge in [-0.25, -0.2) is 0 Å². The Hall–Kier alpha value is -0.860. The molecular weight excluding hydrogens is 232 g/mol. The zero-order valence-corrected chi connectivity index (χ0v) is 13.3. The minimum Gasteiger partial charge on any atom is -0.319 e. The van der Waals surface area contributed by atoms with E-state index in [1.54, 1.807) is 0 Å². The van der Waals surface area contributed by atoms with E-state index in [1.807, 2.05) is 7.05 Å². The Morgan fingerprint density at radius 1 is 1.00 bits per heavy atom. The van der Waals surface area contributed by atoms with Gasteiger partial charge in [-0.2, -0.15) is 0 Å². The topological polar surface area (TPSA) is 24.1 Å². The molecule has 0 heterocycles. The van der Waals surface area contributed by atoms with E-state index in [1.165, 1.54) is 28.7 Å². The van der Waals surface area contributed by atoms with Crippen LogP contribution in [0.15, 0.2) is 12.1 Å². The first-order chi connectivity index (χ1) is 9.08. The Bertz CT molecular complexity index is 385. The monoisotopic (exact) mass is 262 g/mol. The molecule has 0 aliphatic heterocycles. The molecule has 0 saturated carbocycles. The lowest BCUT2D eigenvalue weighted by atomic mass is 9.99. The molecule has 0 aromatic heterocycles. The van der Waals surface area contributed by atoms with Crippen LogP contribution in [-0.4, -0.2) is 26.7 Å². The zero-order valence-electron chi connectivity index (χ0n) is 13.3. The lowest BCUT2D eigenvalue weighted by Crippen LogP contribution is -2.30. The van der Waals surface area contributed by atoms with Gasteiger partial charge in [0.25, 0.3) is 0 Å². The van der Waals surface area contributed by atoms with E-state index >= 15 is 0 Å². The summed E-state index contributed by atoms with van der Waals surface area (Å²) in [7, 11) is 2.03. The van der Waals surface area contributed by atoms with Crippen LogP contribution in [0.3, 0.4) is 0 Å². The Morgan fingerprint density at radius 3 is 2.32 bits per heavy atom. The molecule has 0 bridgehead atoms. The van der Waals surface area contributed by atoms with Crippen molar-refractivity contribution in [2.24, 2.45) is 5.92 Å². The van der Waals surface area contributed by atoms with Crippen molar-refractivity contribution in [3.05, 3.63) is 34.4 Å². The third-order valence-corrected chi connectivity index (χ3v) is 4.03. The summed E-state index contributed by atoms with van der Waals surface area (Å²) in [6.45, 7) is 12.2. The van der Waals surface area contributed by atoms with Crippen LogP contribution < -0.4 is 10.6 Å². The maximum absolute atomic E-state index is 3.59. The molecule has 0 radical (unpaired) electrons. The minimum absolute atomic E-state index is 0.742. The van der Waals surface area contributed by atoms with Crippen molar-refractivity contribution in [1.82, 2.24) is 10.6 Å². The van der Waals surface area contributed by atoms with Gasteiger partial charge in [0.2, 0.25) is 0 Å². The highest BCUT2D eigenvalue weighted by molar-refractivity contribution is 5.36. The largest absolute Gasteiger partial charge is 0.319 e. The van der Waals surface area contributed by atoms with Gasteiger partial charge in [-0.15, -0.1) is 0 Å². The second-order valence-corrected chi connectivity index (χ2v) is 5.65. The van der Waals surface area contributed by atoms with Crippen molar-refractivity contribution in [1.29, 1.82) is 0 Å². The highest BCUT2D eigenvalue weighted by Gasteiger charge is 2.05. The molecule has 2 N–H and O–H groups in total. The summed E-state index contributed by atoms with van der Waals surface area (Å²) < 4.78 is 0. The lowest BCUT2D eigenvalue weighted by Gasteiger charge is -2.16. The maximum Gasteiger partial charge on any atom is -0.000812 e. The molecule has 1 rings (SSSR count). The lowest BCUT2D eigenvalue weighted by molar-refractivity contribution is 0.447. The standard InChI is InChI=1S/C17H30N2/c1-6-16(11-18-5)12-19-8-7-17-10-14(3)13(2)9-15(17)4/h9-10,16,18-19H,6-8,11-12H2,1-5H3. The van der Waals surface area contributed by atoms with Crippen LogP contribution >= 0.6 is 0 Å². The third-order valence-electron chi connectivity index (χ3n) is 4.03. The Labute approximate surface area is 119 Å². The van der Waals surface area contributed by atoms with Gasteiger partial charge in [0, 0.05) is 0 Å². The summed E-state index contributed by atoms with van der Waals surface area (Å²) in [6.07, 6.45) is 2.36. The highest BCUT2D eigenvalue weighted by atomic mass is 14.9. The molecule has 1 unspecified atom stereocenters. The fraction of sp³-hybridized carbons (Fsp3) is 0.647. The van der Waals surface area contributed by atoms with Crippen LogP contribution in [0.25, 0.3) is 0 Å². The highest BCUT2D eigenvalue weighted by Crippen LogP contribution is 2.15. The van der Waals surface area contributed by atoms with Crippen molar-refractivity contribution in [2.45, 2.75) is 40.5 Å². The molecule has 19 heavy (non-hydrogen) atoms. The number of hydrogen-bond acceptors (Lipinski definition) is 2. The van der Waals surface area contributed by atoms with Gasteiger partial charge in [0.15, 0.2) is 0 Å². The van der Waals surface area contributed by atoms with E-state index in [0.29, 0.717) is 0 Å². The minimum atomic E-state index is 0.742. The van der Waals surface area contributed by atoms with Crippen LogP contribution in [0.2, 0.25) is 0 Å². The molecular formula is C17H30N2. The summed E-state index contributed by atoms with van der Waals surface area (Å²) in [5.74, 6) is 0.742. The average Bonchev–Trinajstić information content (AvgIpc) is 2.38. The molecule has 1 atom stereocenters. The van der Waals surface area contributed by atoms with Crippen molar-refractivity contribution in [2.75, 3.05) is 26.7 Å². The van der Waals surface area contributed by atoms with Crippen LogP contribution in [0.1, 0.15) is 35.6 Å². The fourth-order valence-corrected chi connectivity index (χ4v) is 2.47. The number of benzene rings is 1. The second-order valence-electron chi connectivity index (χ2n) is 5.65. The van der Waals surface area contributed by atoms with Crippen molar-refractivity contribution in [3.8, 4) is 0 Å². The quantitative estimate of drug-likeness (QED) is 0.704. The number of rotatable bonds is 8. The molecule has 108 valence electrons. The van der Waals surface area contributed by atoms with Gasteiger partial charge in [-0.3, -0.25) is 0 Å². The van der Waals surface area contributed by atoms with Crippen molar-refractivity contribution in [3.63, 3.8) is 0 Å². The SMILES string of the molecule is CCC(CNC)CNCCc1cc(C)c(C)cc1C. The molecule has 0 amide bonds. The van der Waals surface area contributed by atoms with Crippen LogP contribution in [0, 0.1) is 26.7 Å². The normalized spacial score (nSPS) is 12.7. The van der Waals surface area contributed by atoms with E-state index in [0.717, 1.165) is 32.0 Å². The average molecular weight is 262 g/mol. The predicted octanol–water partition coefficient (Wildman–Crippen LogP) is 2.99. The molecule has 1 aromatic carbocycles. The Kier molecular flexibility index (Phi) is 7.11. The van der Waals surface area contributed by atoms with E-state index in [9.17, 15) is 0 Å². The maximum atomic E-state index is 3.59. The molecule has 0 fully saturated rings. The first kappa shape index (κ1) is 16.2. The van der Waals surface area contributed by atoms with Gasteiger partial charge in [0.1, 0.15) is 0 Å². The summed E-state index contributed by atoms with van der Waals surface area (Å²) in [5.41, 5.74) is 5.71. The summed E-state index contributed by atoms with van der Waals surface area (Å²) in [4.78, 5) is 0. The smallest absolute Gasteiger partial charge is 0.000812 e. The molecule has 0 saturated heterocycles. The van der Waals surface area contributed by atoms with E-state index in [4.69, 9.17) is 0 Å². The predicted molar refractivity (Wildman–Crippen MR) is 84.9 cm³/mol. The summed E-state index contributed by atoms with van der Waals surface area (Å²) in [5, 5.41) is 6.85. The van der Waals surface area contributed by atoms with Gasteiger partial charge in [-0.1, -0.05) is 25.5 Å². The number of aryl methyl sites for hydroxylation is 3. The first-order valence-electron chi connectivity index (χ1n) is 7.50. The summed E-state index contributed by atoms with van der Waals surface area (Å²) in [6, 6.07) is 4.65. The van der Waals surface area contributed by atoms with Gasteiger partial charge < -0.3 is 10.6 Å². The van der Waals surface area contributed by atoms with Crippen molar-refractivity contribution >= 4 is 0 Å². The molecule has 0 spiro atoms. The molecule has 0 aliphatic rings. The molecule has 0 aliphatic carbocycles. The third kappa shape index (κ3) is 5.33. The summed E-state index contributed by atoms with van der Waals surface area (Å²) >= 11 is 0. The number of hydrogen-bond donors (Lipinski definition) is 2. The van der Waals surface area contributed by atoms with Crippen molar-refractivity contribution < 1.29 is 0 Å². The molecule has 1 aromatic rings. The van der Waals surface area contributed by atoms with Crippen LogP contribution in [0.5, 0.6) is 0 Å². The molecule has 2 nitrogen and oxygen atoms in total. The second kappa shape index (κ2) is 8.34. The van der Waals surface area contributed by atoms with Crippen LogP contribution in [0.4, 0.5) is 0 Å². The zero-order chi connectivity index (χ0) is 14.3. The van der Waals surface area contributed by atoms with E-state index in [-0.39, 0.29) is 0 Å². The Morgan fingerprint density at radius 2 is 1.68 bits per heavy atom. The molecule has 2 heteroatoms.